The van der Waals surface area contributed by atoms with E-state index in [0.29, 0.717) is 5.76 Å². The third-order valence-electron chi connectivity index (χ3n) is 1.30. The van der Waals surface area contributed by atoms with E-state index in [-0.39, 0.29) is 16.2 Å². The van der Waals surface area contributed by atoms with Gasteiger partial charge in [0, 0.05) is 5.92 Å². The van der Waals surface area contributed by atoms with Gasteiger partial charge in [-0.25, -0.2) is 9.78 Å². The minimum atomic E-state index is -0.648. The Balaban J connectivity index is 3.33. The Bertz CT molecular complexity index is 346. The summed E-state index contributed by atoms with van der Waals surface area (Å²) in [6, 6.07) is 0. The molecule has 0 unspecified atom stereocenters. The fourth-order valence-corrected chi connectivity index (χ4v) is 1.23. The number of nitrogens with zero attached hydrogens (tertiary/aromatic N) is 1. The van der Waals surface area contributed by atoms with Crippen molar-refractivity contribution in [3.63, 3.8) is 0 Å². The van der Waals surface area contributed by atoms with E-state index >= 15 is 0 Å². The van der Waals surface area contributed by atoms with Crippen molar-refractivity contribution in [1.82, 2.24) is 4.98 Å². The lowest BCUT2D eigenvalue weighted by Crippen LogP contribution is -2.06. The average molecular weight is 208 g/mol. The van der Waals surface area contributed by atoms with Crippen LogP contribution in [0.3, 0.4) is 0 Å². The maximum absolute atomic E-state index is 10.9. The third kappa shape index (κ3) is 1.79. The molecule has 0 bridgehead atoms. The zero-order valence-corrected chi connectivity index (χ0v) is 8.11. The van der Waals surface area contributed by atoms with E-state index in [1.54, 1.807) is 0 Å². The van der Waals surface area contributed by atoms with Crippen LogP contribution in [-0.2, 0) is 0 Å². The quantitative estimate of drug-likeness (QED) is 0.711. The van der Waals surface area contributed by atoms with E-state index < -0.39 is 5.63 Å². The van der Waals surface area contributed by atoms with E-state index in [4.69, 9.17) is 27.6 Å². The van der Waals surface area contributed by atoms with Crippen LogP contribution in [0.2, 0.25) is 10.3 Å². The summed E-state index contributed by atoms with van der Waals surface area (Å²) in [6.45, 7) is 3.69. The summed E-state index contributed by atoms with van der Waals surface area (Å²) < 4.78 is 4.82. The molecule has 1 aromatic rings. The highest BCUT2D eigenvalue weighted by molar-refractivity contribution is 6.32. The van der Waals surface area contributed by atoms with Crippen molar-refractivity contribution >= 4 is 23.2 Å². The molecular weight excluding hydrogens is 201 g/mol. The fourth-order valence-electron chi connectivity index (χ4n) is 0.727. The van der Waals surface area contributed by atoms with Crippen LogP contribution in [0.15, 0.2) is 9.21 Å². The Kier molecular flexibility index (Phi) is 2.75. The summed E-state index contributed by atoms with van der Waals surface area (Å²) in [6.07, 6.45) is 0. The van der Waals surface area contributed by atoms with Gasteiger partial charge < -0.3 is 4.42 Å². The minimum Gasteiger partial charge on any atom is -0.422 e. The van der Waals surface area contributed by atoms with E-state index in [9.17, 15) is 4.79 Å². The van der Waals surface area contributed by atoms with Gasteiger partial charge in [0.2, 0.25) is 5.15 Å². The van der Waals surface area contributed by atoms with E-state index in [1.807, 2.05) is 13.8 Å². The lowest BCUT2D eigenvalue weighted by molar-refractivity contribution is 0.434. The molecule has 12 heavy (non-hydrogen) atoms. The van der Waals surface area contributed by atoms with Gasteiger partial charge in [0.05, 0.1) is 0 Å². The van der Waals surface area contributed by atoms with Crippen molar-refractivity contribution < 1.29 is 4.42 Å². The second-order valence-corrected chi connectivity index (χ2v) is 3.32. The van der Waals surface area contributed by atoms with Gasteiger partial charge in [-0.1, -0.05) is 37.0 Å². The summed E-state index contributed by atoms with van der Waals surface area (Å²) in [5.41, 5.74) is -0.648. The molecule has 66 valence electrons. The van der Waals surface area contributed by atoms with Gasteiger partial charge in [-0.05, 0) is 0 Å². The van der Waals surface area contributed by atoms with Crippen molar-refractivity contribution in [1.29, 1.82) is 0 Å². The van der Waals surface area contributed by atoms with Crippen molar-refractivity contribution in [2.45, 2.75) is 19.8 Å². The van der Waals surface area contributed by atoms with Gasteiger partial charge in [-0.15, -0.1) is 0 Å². The zero-order chi connectivity index (χ0) is 9.30. The molecule has 0 radical (unpaired) electrons. The fraction of sp³-hybridized carbons (Fsp3) is 0.429. The van der Waals surface area contributed by atoms with Crippen LogP contribution < -0.4 is 5.63 Å². The summed E-state index contributed by atoms with van der Waals surface area (Å²) in [7, 11) is 0. The van der Waals surface area contributed by atoms with Crippen LogP contribution in [0.4, 0.5) is 0 Å². The number of hydrogen-bond donors (Lipinski definition) is 0. The van der Waals surface area contributed by atoms with Gasteiger partial charge in [0.15, 0.2) is 5.15 Å². The number of aromatic nitrogens is 1. The van der Waals surface area contributed by atoms with Gasteiger partial charge >= 0.3 is 5.63 Å². The zero-order valence-electron chi connectivity index (χ0n) is 6.60. The van der Waals surface area contributed by atoms with Crippen LogP contribution >= 0.6 is 23.2 Å². The first kappa shape index (κ1) is 9.55. The molecule has 0 fully saturated rings. The highest BCUT2D eigenvalue weighted by Crippen LogP contribution is 2.21. The van der Waals surface area contributed by atoms with Gasteiger partial charge in [0.25, 0.3) is 0 Å². The standard InChI is InChI=1S/C7H7Cl2NO2/c1-3(2)4-5(8)10-6(9)7(11)12-4/h3H,1-2H3. The van der Waals surface area contributed by atoms with Crippen LogP contribution in [0, 0.1) is 0 Å². The van der Waals surface area contributed by atoms with Gasteiger partial charge in [-0.2, -0.15) is 0 Å². The topological polar surface area (TPSA) is 43.1 Å². The largest absolute Gasteiger partial charge is 0.422 e. The molecule has 0 saturated carbocycles. The molecule has 3 nitrogen and oxygen atoms in total. The molecule has 0 spiro atoms. The average Bonchev–Trinajstić information content (AvgIpc) is 1.96. The maximum Gasteiger partial charge on any atom is 0.374 e. The predicted octanol–water partition coefficient (Wildman–Crippen LogP) is 2.47. The minimum absolute atomic E-state index is 0.0231. The summed E-state index contributed by atoms with van der Waals surface area (Å²) in [4.78, 5) is 14.5. The first-order chi connectivity index (χ1) is 5.52. The molecule has 1 aromatic heterocycles. The normalized spacial score (nSPS) is 10.8. The predicted molar refractivity (Wildman–Crippen MR) is 46.9 cm³/mol. The second-order valence-electron chi connectivity index (χ2n) is 2.60. The highest BCUT2D eigenvalue weighted by Gasteiger charge is 2.12. The Labute approximate surface area is 79.3 Å². The molecule has 0 atom stereocenters. The van der Waals surface area contributed by atoms with Crippen molar-refractivity contribution in [2.75, 3.05) is 0 Å². The maximum atomic E-state index is 10.9. The number of rotatable bonds is 1. The first-order valence-electron chi connectivity index (χ1n) is 3.38. The Morgan fingerprint density at radius 2 is 1.92 bits per heavy atom. The lowest BCUT2D eigenvalue weighted by atomic mass is 10.2. The molecule has 0 N–H and O–H groups in total. The van der Waals surface area contributed by atoms with Crippen LogP contribution in [0.5, 0.6) is 0 Å². The molecule has 0 aliphatic carbocycles. The van der Waals surface area contributed by atoms with Crippen LogP contribution in [-0.4, -0.2) is 4.98 Å². The van der Waals surface area contributed by atoms with Crippen molar-refractivity contribution in [3.8, 4) is 0 Å². The van der Waals surface area contributed by atoms with Crippen molar-refractivity contribution in [2.24, 2.45) is 0 Å². The molecule has 0 saturated heterocycles. The lowest BCUT2D eigenvalue weighted by Gasteiger charge is -2.03. The Morgan fingerprint density at radius 3 is 2.42 bits per heavy atom. The third-order valence-corrected chi connectivity index (χ3v) is 1.80. The first-order valence-corrected chi connectivity index (χ1v) is 4.14. The monoisotopic (exact) mass is 207 g/mol. The second kappa shape index (κ2) is 3.46. The molecule has 1 rings (SSSR count). The van der Waals surface area contributed by atoms with E-state index in [1.165, 1.54) is 0 Å². The SMILES string of the molecule is CC(C)c1oc(=O)c(Cl)nc1Cl. The molecule has 1 heterocycles. The Morgan fingerprint density at radius 1 is 1.33 bits per heavy atom. The molecule has 0 aliphatic heterocycles. The van der Waals surface area contributed by atoms with E-state index in [0.717, 1.165) is 0 Å². The number of halogens is 2. The van der Waals surface area contributed by atoms with Crippen LogP contribution in [0.1, 0.15) is 25.5 Å². The summed E-state index contributed by atoms with van der Waals surface area (Å²) >= 11 is 11.1. The van der Waals surface area contributed by atoms with Gasteiger partial charge in [0.1, 0.15) is 5.76 Å². The Hall–Kier alpha value is -0.540. The molecule has 5 heteroatoms. The van der Waals surface area contributed by atoms with Crippen molar-refractivity contribution in [3.05, 3.63) is 26.5 Å². The summed E-state index contributed by atoms with van der Waals surface area (Å²) in [5.74, 6) is 0.390. The van der Waals surface area contributed by atoms with Gasteiger partial charge in [-0.3, -0.25) is 0 Å². The molecule has 0 amide bonds. The highest BCUT2D eigenvalue weighted by atomic mass is 35.5. The molecule has 0 aromatic carbocycles. The number of hydrogen-bond acceptors (Lipinski definition) is 3. The smallest absolute Gasteiger partial charge is 0.374 e. The molecular formula is C7H7Cl2NO2. The van der Waals surface area contributed by atoms with Crippen LogP contribution in [0.25, 0.3) is 0 Å². The summed E-state index contributed by atoms with van der Waals surface area (Å²) in [5, 5.41) is -0.0843. The molecule has 0 aliphatic rings. The van der Waals surface area contributed by atoms with E-state index in [2.05, 4.69) is 4.98 Å².